The summed E-state index contributed by atoms with van der Waals surface area (Å²) in [5, 5.41) is 11.5. The summed E-state index contributed by atoms with van der Waals surface area (Å²) >= 11 is 0. The van der Waals surface area contributed by atoms with E-state index in [0.717, 1.165) is 24.2 Å². The van der Waals surface area contributed by atoms with Crippen molar-refractivity contribution in [3.8, 4) is 0 Å². The van der Waals surface area contributed by atoms with Crippen LogP contribution in [-0.4, -0.2) is 40.2 Å². The standard InChI is InChI=1S/C18H18N2O5/c21-13(19-12-5-3-9(4-6-12)18(24)25)8-20-16(22)14-10-1-2-11(7-10)15(14)17(20)23/h3-6,10-11,14-15H,1-2,7-8H2,(H,19,21)(H,24,25). The van der Waals surface area contributed by atoms with Crippen LogP contribution in [-0.2, 0) is 14.4 Å². The molecule has 4 unspecified atom stereocenters. The third kappa shape index (κ3) is 2.50. The normalized spacial score (nSPS) is 29.8. The summed E-state index contributed by atoms with van der Waals surface area (Å²) in [4.78, 5) is 49.2. The van der Waals surface area contributed by atoms with Gasteiger partial charge in [0.05, 0.1) is 17.4 Å². The Labute approximate surface area is 144 Å². The van der Waals surface area contributed by atoms with E-state index in [0.29, 0.717) is 17.5 Å². The molecule has 2 N–H and O–H groups in total. The molecule has 25 heavy (non-hydrogen) atoms. The fourth-order valence-corrected chi connectivity index (χ4v) is 4.67. The quantitative estimate of drug-likeness (QED) is 0.804. The van der Waals surface area contributed by atoms with Crippen LogP contribution in [0.3, 0.4) is 0 Å². The molecule has 2 bridgehead atoms. The van der Waals surface area contributed by atoms with E-state index in [9.17, 15) is 19.2 Å². The summed E-state index contributed by atoms with van der Waals surface area (Å²) < 4.78 is 0. The largest absolute Gasteiger partial charge is 0.478 e. The zero-order valence-electron chi connectivity index (χ0n) is 13.5. The number of anilines is 1. The minimum atomic E-state index is -1.05. The highest BCUT2D eigenvalue weighted by Gasteiger charge is 2.60. The number of carboxylic acid groups (broad SMARTS) is 1. The number of carboxylic acids is 1. The first-order valence-corrected chi connectivity index (χ1v) is 8.44. The van der Waals surface area contributed by atoms with Crippen molar-refractivity contribution in [2.45, 2.75) is 19.3 Å². The molecular weight excluding hydrogens is 324 g/mol. The second kappa shape index (κ2) is 5.68. The van der Waals surface area contributed by atoms with Crippen molar-refractivity contribution in [3.05, 3.63) is 29.8 Å². The summed E-state index contributed by atoms with van der Waals surface area (Å²) in [7, 11) is 0. The van der Waals surface area contributed by atoms with Crippen molar-refractivity contribution < 1.29 is 24.3 Å². The lowest BCUT2D eigenvalue weighted by atomic mass is 9.81. The average molecular weight is 342 g/mol. The number of benzene rings is 1. The molecule has 1 saturated heterocycles. The number of fused-ring (bicyclic) bond motifs is 5. The number of aromatic carboxylic acids is 1. The van der Waals surface area contributed by atoms with Gasteiger partial charge in [-0.1, -0.05) is 0 Å². The molecule has 0 spiro atoms. The SMILES string of the molecule is O=C(CN1C(=O)C2C3CCC(C3)C2C1=O)Nc1ccc(C(=O)O)cc1. The van der Waals surface area contributed by atoms with Gasteiger partial charge in [0.1, 0.15) is 6.54 Å². The van der Waals surface area contributed by atoms with Gasteiger partial charge in [-0.2, -0.15) is 0 Å². The number of hydrogen-bond acceptors (Lipinski definition) is 4. The molecule has 1 aromatic carbocycles. The van der Waals surface area contributed by atoms with Crippen molar-refractivity contribution in [3.63, 3.8) is 0 Å². The minimum absolute atomic E-state index is 0.117. The number of imide groups is 1. The Hall–Kier alpha value is -2.70. The third-order valence-corrected chi connectivity index (χ3v) is 5.74. The number of carbonyl (C=O) groups excluding carboxylic acids is 3. The Balaban J connectivity index is 1.42. The van der Waals surface area contributed by atoms with Crippen LogP contribution in [0.5, 0.6) is 0 Å². The van der Waals surface area contributed by atoms with Gasteiger partial charge < -0.3 is 10.4 Å². The number of likely N-dealkylation sites (tertiary alicyclic amines) is 1. The lowest BCUT2D eigenvalue weighted by molar-refractivity contribution is -0.143. The molecule has 7 nitrogen and oxygen atoms in total. The molecule has 1 heterocycles. The molecule has 2 saturated carbocycles. The average Bonchev–Trinajstić information content (AvgIpc) is 3.25. The molecule has 7 heteroatoms. The lowest BCUT2D eigenvalue weighted by Gasteiger charge is -2.19. The van der Waals surface area contributed by atoms with Gasteiger partial charge in [-0.25, -0.2) is 4.79 Å². The lowest BCUT2D eigenvalue weighted by Crippen LogP contribution is -2.39. The van der Waals surface area contributed by atoms with E-state index in [4.69, 9.17) is 5.11 Å². The number of hydrogen-bond donors (Lipinski definition) is 2. The molecule has 1 aliphatic heterocycles. The van der Waals surface area contributed by atoms with Crippen molar-refractivity contribution in [1.29, 1.82) is 0 Å². The van der Waals surface area contributed by atoms with Gasteiger partial charge >= 0.3 is 5.97 Å². The molecule has 130 valence electrons. The van der Waals surface area contributed by atoms with E-state index in [2.05, 4.69) is 5.32 Å². The van der Waals surface area contributed by atoms with E-state index in [-0.39, 0.29) is 35.8 Å². The van der Waals surface area contributed by atoms with Crippen LogP contribution in [0.15, 0.2) is 24.3 Å². The van der Waals surface area contributed by atoms with E-state index in [1.807, 2.05) is 0 Å². The van der Waals surface area contributed by atoms with Crippen molar-refractivity contribution in [2.75, 3.05) is 11.9 Å². The summed E-state index contributed by atoms with van der Waals surface area (Å²) in [6.45, 7) is -0.287. The highest BCUT2D eigenvalue weighted by molar-refractivity contribution is 6.09. The number of nitrogens with one attached hydrogen (secondary N) is 1. The third-order valence-electron chi connectivity index (χ3n) is 5.74. The van der Waals surface area contributed by atoms with Gasteiger partial charge in [-0.15, -0.1) is 0 Å². The Morgan fingerprint density at radius 1 is 1.04 bits per heavy atom. The zero-order valence-corrected chi connectivity index (χ0v) is 13.5. The highest BCUT2D eigenvalue weighted by atomic mass is 16.4. The smallest absolute Gasteiger partial charge is 0.335 e. The predicted molar refractivity (Wildman–Crippen MR) is 86.6 cm³/mol. The minimum Gasteiger partial charge on any atom is -0.478 e. The molecule has 4 atom stereocenters. The second-order valence-corrected chi connectivity index (χ2v) is 7.08. The van der Waals surface area contributed by atoms with E-state index in [1.165, 1.54) is 24.3 Å². The first kappa shape index (κ1) is 15.8. The summed E-state index contributed by atoms with van der Waals surface area (Å²) in [6.07, 6.45) is 2.96. The maximum absolute atomic E-state index is 12.6. The van der Waals surface area contributed by atoms with Crippen LogP contribution in [0, 0.1) is 23.7 Å². The number of carbonyl (C=O) groups is 4. The Morgan fingerprint density at radius 3 is 2.12 bits per heavy atom. The molecule has 1 aromatic rings. The monoisotopic (exact) mass is 342 g/mol. The molecule has 3 amide bonds. The highest BCUT2D eigenvalue weighted by Crippen LogP contribution is 2.56. The van der Waals surface area contributed by atoms with Crippen molar-refractivity contribution in [2.24, 2.45) is 23.7 Å². The molecule has 0 aromatic heterocycles. The van der Waals surface area contributed by atoms with Crippen LogP contribution in [0.1, 0.15) is 29.6 Å². The van der Waals surface area contributed by atoms with Gasteiger partial charge in [0, 0.05) is 5.69 Å². The summed E-state index contributed by atoms with van der Waals surface area (Å²) in [6, 6.07) is 5.71. The van der Waals surface area contributed by atoms with Crippen molar-refractivity contribution in [1.82, 2.24) is 4.90 Å². The topological polar surface area (TPSA) is 104 Å². The van der Waals surface area contributed by atoms with Crippen LogP contribution in [0.2, 0.25) is 0 Å². The van der Waals surface area contributed by atoms with Crippen LogP contribution in [0.25, 0.3) is 0 Å². The predicted octanol–water partition coefficient (Wildman–Crippen LogP) is 1.35. The summed E-state index contributed by atoms with van der Waals surface area (Å²) in [5.74, 6) is -1.80. The number of rotatable bonds is 4. The molecule has 4 rings (SSSR count). The van der Waals surface area contributed by atoms with E-state index in [1.54, 1.807) is 0 Å². The van der Waals surface area contributed by atoms with Gasteiger partial charge in [-0.05, 0) is 55.4 Å². The molecule has 3 fully saturated rings. The fraction of sp³-hybridized carbons (Fsp3) is 0.444. The Morgan fingerprint density at radius 2 is 1.60 bits per heavy atom. The second-order valence-electron chi connectivity index (χ2n) is 7.08. The van der Waals surface area contributed by atoms with Crippen LogP contribution in [0.4, 0.5) is 5.69 Å². The van der Waals surface area contributed by atoms with Crippen LogP contribution < -0.4 is 5.32 Å². The molecular formula is C18H18N2O5. The van der Waals surface area contributed by atoms with E-state index >= 15 is 0 Å². The van der Waals surface area contributed by atoms with Gasteiger partial charge in [-0.3, -0.25) is 19.3 Å². The molecule has 3 aliphatic rings. The van der Waals surface area contributed by atoms with Crippen LogP contribution >= 0.6 is 0 Å². The Kier molecular flexibility index (Phi) is 3.59. The molecule has 0 radical (unpaired) electrons. The van der Waals surface area contributed by atoms with Crippen molar-refractivity contribution >= 4 is 29.4 Å². The van der Waals surface area contributed by atoms with E-state index < -0.39 is 11.9 Å². The van der Waals surface area contributed by atoms with Gasteiger partial charge in [0.15, 0.2) is 0 Å². The number of amides is 3. The maximum atomic E-state index is 12.6. The fourth-order valence-electron chi connectivity index (χ4n) is 4.67. The first-order valence-electron chi connectivity index (χ1n) is 8.44. The first-order chi connectivity index (χ1) is 12.0. The Bertz CT molecular complexity index is 744. The van der Waals surface area contributed by atoms with Gasteiger partial charge in [0.2, 0.25) is 17.7 Å². The zero-order chi connectivity index (χ0) is 17.7. The number of nitrogens with zero attached hydrogens (tertiary/aromatic N) is 1. The summed E-state index contributed by atoms with van der Waals surface area (Å²) in [5.41, 5.74) is 0.542. The molecule has 2 aliphatic carbocycles. The van der Waals surface area contributed by atoms with Gasteiger partial charge in [0.25, 0.3) is 0 Å². The maximum Gasteiger partial charge on any atom is 0.335 e.